The number of benzene rings is 1. The van der Waals surface area contributed by atoms with Crippen LogP contribution in [0.1, 0.15) is 15.9 Å². The van der Waals surface area contributed by atoms with Gasteiger partial charge in [-0.3, -0.25) is 5.32 Å². The molecule has 1 aromatic heterocycles. The molecule has 1 heterocycles. The van der Waals surface area contributed by atoms with E-state index in [1.54, 1.807) is 18.2 Å². The van der Waals surface area contributed by atoms with Crippen LogP contribution in [0.5, 0.6) is 0 Å². The number of carboxylic acid groups (broad SMARTS) is 1. The molecule has 3 N–H and O–H groups in total. The van der Waals surface area contributed by atoms with Crippen molar-refractivity contribution >= 4 is 35.1 Å². The molecule has 0 saturated heterocycles. The fraction of sp³-hybridized carbons (Fsp3) is 0.0714. The Hall–Kier alpha value is -2.60. The lowest BCUT2D eigenvalue weighted by Crippen LogP contribution is -2.21. The van der Waals surface area contributed by atoms with Crippen molar-refractivity contribution in [3.63, 3.8) is 0 Å². The van der Waals surface area contributed by atoms with Crippen molar-refractivity contribution in [2.75, 3.05) is 10.6 Å². The van der Waals surface area contributed by atoms with E-state index in [2.05, 4.69) is 15.6 Å². The zero-order valence-corrected chi connectivity index (χ0v) is 11.8. The number of aryl methyl sites for hydroxylation is 1. The Bertz CT molecular complexity index is 704. The molecule has 7 heteroatoms. The van der Waals surface area contributed by atoms with Gasteiger partial charge in [-0.1, -0.05) is 17.7 Å². The molecule has 0 fully saturated rings. The lowest BCUT2D eigenvalue weighted by atomic mass is 10.2. The van der Waals surface area contributed by atoms with Crippen LogP contribution in [-0.2, 0) is 0 Å². The van der Waals surface area contributed by atoms with Crippen LogP contribution >= 0.6 is 11.6 Å². The van der Waals surface area contributed by atoms with Gasteiger partial charge >= 0.3 is 12.0 Å². The van der Waals surface area contributed by atoms with Crippen molar-refractivity contribution in [3.8, 4) is 0 Å². The highest BCUT2D eigenvalue weighted by Crippen LogP contribution is 2.20. The summed E-state index contributed by atoms with van der Waals surface area (Å²) in [6, 6.07) is 7.29. The van der Waals surface area contributed by atoms with Gasteiger partial charge in [-0.25, -0.2) is 14.6 Å². The normalized spacial score (nSPS) is 10.0. The van der Waals surface area contributed by atoms with Crippen LogP contribution in [-0.4, -0.2) is 22.1 Å². The molecule has 6 nitrogen and oxygen atoms in total. The third-order valence-corrected chi connectivity index (χ3v) is 3.11. The minimum Gasteiger partial charge on any atom is -0.478 e. The van der Waals surface area contributed by atoms with Crippen LogP contribution in [0.25, 0.3) is 0 Å². The number of rotatable bonds is 3. The highest BCUT2D eigenvalue weighted by molar-refractivity contribution is 6.31. The Morgan fingerprint density at radius 3 is 2.67 bits per heavy atom. The van der Waals surface area contributed by atoms with Crippen molar-refractivity contribution in [2.45, 2.75) is 6.92 Å². The smallest absolute Gasteiger partial charge is 0.339 e. The summed E-state index contributed by atoms with van der Waals surface area (Å²) in [6.45, 7) is 1.85. The van der Waals surface area contributed by atoms with Gasteiger partial charge in [0.1, 0.15) is 11.4 Å². The highest BCUT2D eigenvalue weighted by Gasteiger charge is 2.13. The van der Waals surface area contributed by atoms with Crippen molar-refractivity contribution in [3.05, 3.63) is 52.7 Å². The average molecular weight is 306 g/mol. The summed E-state index contributed by atoms with van der Waals surface area (Å²) in [5.74, 6) is -1.20. The van der Waals surface area contributed by atoms with E-state index in [4.69, 9.17) is 16.7 Å². The van der Waals surface area contributed by atoms with Gasteiger partial charge in [0.25, 0.3) is 0 Å². The zero-order chi connectivity index (χ0) is 15.4. The van der Waals surface area contributed by atoms with E-state index < -0.39 is 12.0 Å². The molecule has 108 valence electrons. The van der Waals surface area contributed by atoms with Gasteiger partial charge in [0.05, 0.1) is 0 Å². The monoisotopic (exact) mass is 305 g/mol. The molecule has 0 aliphatic heterocycles. The number of halogens is 1. The van der Waals surface area contributed by atoms with Crippen LogP contribution in [0.4, 0.5) is 16.3 Å². The summed E-state index contributed by atoms with van der Waals surface area (Å²) < 4.78 is 0. The Labute approximate surface area is 125 Å². The molecule has 0 unspecified atom stereocenters. The largest absolute Gasteiger partial charge is 0.478 e. The summed E-state index contributed by atoms with van der Waals surface area (Å²) in [4.78, 5) is 26.7. The molecule has 2 aromatic rings. The summed E-state index contributed by atoms with van der Waals surface area (Å²) in [7, 11) is 0. The van der Waals surface area contributed by atoms with Gasteiger partial charge in [-0.05, 0) is 36.8 Å². The van der Waals surface area contributed by atoms with Crippen molar-refractivity contribution in [1.82, 2.24) is 4.98 Å². The summed E-state index contributed by atoms with van der Waals surface area (Å²) in [5, 5.41) is 14.5. The maximum atomic E-state index is 11.9. The number of anilines is 2. The molecule has 2 amide bonds. The molecule has 0 spiro atoms. The molecular formula is C14H12ClN3O3. The first-order valence-electron chi connectivity index (χ1n) is 6.00. The van der Waals surface area contributed by atoms with E-state index in [0.717, 1.165) is 5.56 Å². The summed E-state index contributed by atoms with van der Waals surface area (Å²) in [6.07, 6.45) is 1.39. The molecule has 21 heavy (non-hydrogen) atoms. The number of aromatic nitrogens is 1. The van der Waals surface area contributed by atoms with Crippen LogP contribution in [0.2, 0.25) is 5.02 Å². The quantitative estimate of drug-likeness (QED) is 0.810. The van der Waals surface area contributed by atoms with Crippen LogP contribution in [0.3, 0.4) is 0 Å². The van der Waals surface area contributed by atoms with Gasteiger partial charge in [-0.2, -0.15) is 0 Å². The molecule has 0 bridgehead atoms. The average Bonchev–Trinajstić information content (AvgIpc) is 2.43. The van der Waals surface area contributed by atoms with Crippen LogP contribution < -0.4 is 10.6 Å². The third-order valence-electron chi connectivity index (χ3n) is 2.70. The van der Waals surface area contributed by atoms with E-state index in [-0.39, 0.29) is 11.4 Å². The summed E-state index contributed by atoms with van der Waals surface area (Å²) in [5.41, 5.74) is 1.30. The van der Waals surface area contributed by atoms with E-state index in [9.17, 15) is 9.59 Å². The standard InChI is InChI=1S/C14H12ClN3O3/c1-8-4-5-9(7-11(8)15)17-14(21)18-12-10(13(19)20)3-2-6-16-12/h2-7H,1H3,(H,19,20)(H2,16,17,18,21). The fourth-order valence-electron chi connectivity index (χ4n) is 1.62. The number of pyridine rings is 1. The number of carbonyl (C=O) groups excluding carboxylic acids is 1. The number of urea groups is 1. The topological polar surface area (TPSA) is 91.3 Å². The van der Waals surface area contributed by atoms with E-state index in [1.807, 2.05) is 6.92 Å². The number of nitrogens with zero attached hydrogens (tertiary/aromatic N) is 1. The predicted octanol–water partition coefficient (Wildman–Crippen LogP) is 3.39. The summed E-state index contributed by atoms with van der Waals surface area (Å²) >= 11 is 5.96. The van der Waals surface area contributed by atoms with Crippen molar-refractivity contribution in [1.29, 1.82) is 0 Å². The SMILES string of the molecule is Cc1ccc(NC(=O)Nc2ncccc2C(=O)O)cc1Cl. The number of nitrogens with one attached hydrogen (secondary N) is 2. The minimum atomic E-state index is -1.17. The number of carbonyl (C=O) groups is 2. The molecule has 1 aromatic carbocycles. The van der Waals surface area contributed by atoms with E-state index in [0.29, 0.717) is 10.7 Å². The maximum Gasteiger partial charge on any atom is 0.339 e. The van der Waals surface area contributed by atoms with E-state index in [1.165, 1.54) is 18.3 Å². The van der Waals surface area contributed by atoms with Crippen LogP contribution in [0.15, 0.2) is 36.5 Å². The number of amides is 2. The lowest BCUT2D eigenvalue weighted by Gasteiger charge is -2.09. The van der Waals surface area contributed by atoms with E-state index >= 15 is 0 Å². The molecule has 0 aliphatic rings. The van der Waals surface area contributed by atoms with Gasteiger partial charge in [0.15, 0.2) is 0 Å². The number of hydrogen-bond acceptors (Lipinski definition) is 3. The third kappa shape index (κ3) is 3.70. The predicted molar refractivity (Wildman–Crippen MR) is 80.0 cm³/mol. The second-order valence-electron chi connectivity index (χ2n) is 4.25. The highest BCUT2D eigenvalue weighted by atomic mass is 35.5. The van der Waals surface area contributed by atoms with Crippen molar-refractivity contribution in [2.24, 2.45) is 0 Å². The van der Waals surface area contributed by atoms with Gasteiger partial charge in [-0.15, -0.1) is 0 Å². The van der Waals surface area contributed by atoms with Gasteiger partial charge in [0, 0.05) is 16.9 Å². The van der Waals surface area contributed by atoms with Crippen molar-refractivity contribution < 1.29 is 14.7 Å². The molecule has 0 aliphatic carbocycles. The molecule has 2 rings (SSSR count). The Morgan fingerprint density at radius 1 is 1.24 bits per heavy atom. The first kappa shape index (κ1) is 14.8. The minimum absolute atomic E-state index is 0.0271. The Kier molecular flexibility index (Phi) is 4.39. The Morgan fingerprint density at radius 2 is 2.00 bits per heavy atom. The second kappa shape index (κ2) is 6.23. The Balaban J connectivity index is 2.12. The number of hydrogen-bond donors (Lipinski definition) is 3. The first-order valence-corrected chi connectivity index (χ1v) is 6.37. The second-order valence-corrected chi connectivity index (χ2v) is 4.66. The molecule has 0 atom stereocenters. The number of carboxylic acids is 1. The number of aromatic carboxylic acids is 1. The lowest BCUT2D eigenvalue weighted by molar-refractivity contribution is 0.0697. The van der Waals surface area contributed by atoms with Crippen LogP contribution in [0, 0.1) is 6.92 Å². The fourth-order valence-corrected chi connectivity index (χ4v) is 1.80. The van der Waals surface area contributed by atoms with Gasteiger partial charge < -0.3 is 10.4 Å². The molecule has 0 radical (unpaired) electrons. The molecule has 0 saturated carbocycles. The zero-order valence-electron chi connectivity index (χ0n) is 11.1. The van der Waals surface area contributed by atoms with Gasteiger partial charge in [0.2, 0.25) is 0 Å². The molecular weight excluding hydrogens is 294 g/mol. The maximum absolute atomic E-state index is 11.9. The first-order chi connectivity index (χ1) is 9.97.